The predicted molar refractivity (Wildman–Crippen MR) is 100 cm³/mol. The predicted octanol–water partition coefficient (Wildman–Crippen LogP) is 2.70. The van der Waals surface area contributed by atoms with Crippen molar-refractivity contribution in [3.8, 4) is 11.4 Å². The average molecular weight is 352 g/mol. The lowest BCUT2D eigenvalue weighted by Crippen LogP contribution is -2.34. The Morgan fingerprint density at radius 1 is 1.12 bits per heavy atom. The average Bonchev–Trinajstić information content (AvgIpc) is 3.21. The summed E-state index contributed by atoms with van der Waals surface area (Å²) in [6, 6.07) is 17.9. The van der Waals surface area contributed by atoms with E-state index in [1.54, 1.807) is 11.0 Å². The Bertz CT molecular complexity index is 775. The maximum atomic E-state index is 10.3. The number of rotatable bonds is 8. The number of nitrogens with zero attached hydrogens (tertiary/aromatic N) is 4. The van der Waals surface area contributed by atoms with Crippen LogP contribution >= 0.6 is 0 Å². The fraction of sp³-hybridized carbons (Fsp3) is 0.300. The van der Waals surface area contributed by atoms with E-state index in [-0.39, 0.29) is 12.6 Å². The van der Waals surface area contributed by atoms with E-state index in [1.165, 1.54) is 11.9 Å². The van der Waals surface area contributed by atoms with Crippen LogP contribution in [0.25, 0.3) is 5.69 Å². The highest BCUT2D eigenvalue weighted by atomic mass is 16.5. The summed E-state index contributed by atoms with van der Waals surface area (Å²) in [5.74, 6) is 0.769. The Morgan fingerprint density at radius 2 is 1.85 bits per heavy atom. The smallest absolute Gasteiger partial charge is 0.138 e. The first-order chi connectivity index (χ1) is 12.6. The zero-order chi connectivity index (χ0) is 18.4. The van der Waals surface area contributed by atoms with Crippen molar-refractivity contribution in [2.45, 2.75) is 19.1 Å². The Balaban J connectivity index is 1.52. The van der Waals surface area contributed by atoms with Gasteiger partial charge < -0.3 is 9.84 Å². The first-order valence-electron chi connectivity index (χ1n) is 8.64. The zero-order valence-corrected chi connectivity index (χ0v) is 15.1. The number of benzene rings is 2. The molecule has 0 fully saturated rings. The molecule has 0 aliphatic heterocycles. The van der Waals surface area contributed by atoms with Gasteiger partial charge in [-0.05, 0) is 43.8 Å². The number of aliphatic hydroxyl groups is 1. The van der Waals surface area contributed by atoms with Gasteiger partial charge in [0.25, 0.3) is 0 Å². The van der Waals surface area contributed by atoms with Crippen molar-refractivity contribution in [3.63, 3.8) is 0 Å². The summed E-state index contributed by atoms with van der Waals surface area (Å²) in [4.78, 5) is 6.07. The van der Waals surface area contributed by atoms with Gasteiger partial charge in [0.15, 0.2) is 0 Å². The van der Waals surface area contributed by atoms with Gasteiger partial charge in [-0.25, -0.2) is 9.67 Å². The molecule has 6 nitrogen and oxygen atoms in total. The van der Waals surface area contributed by atoms with E-state index < -0.39 is 6.10 Å². The second-order valence-electron chi connectivity index (χ2n) is 6.33. The molecule has 1 N–H and O–H groups in total. The Morgan fingerprint density at radius 3 is 2.50 bits per heavy atom. The standard InChI is InChI=1S/C20H24N4O2/c1-16(17-8-10-18(11-9-17)24-15-21-14-22-24)23(2)12-19(25)13-26-20-6-4-3-5-7-20/h3-11,14-16,19,25H,12-13H2,1-2H3. The molecule has 0 aliphatic rings. The monoisotopic (exact) mass is 352 g/mol. The lowest BCUT2D eigenvalue weighted by Gasteiger charge is -2.27. The van der Waals surface area contributed by atoms with E-state index in [9.17, 15) is 5.11 Å². The van der Waals surface area contributed by atoms with Crippen molar-refractivity contribution < 1.29 is 9.84 Å². The molecule has 6 heteroatoms. The molecule has 0 amide bonds. The molecule has 0 spiro atoms. The van der Waals surface area contributed by atoms with Crippen LogP contribution in [0.4, 0.5) is 0 Å². The van der Waals surface area contributed by atoms with Crippen LogP contribution in [0, 0.1) is 0 Å². The highest BCUT2D eigenvalue weighted by Gasteiger charge is 2.16. The molecule has 1 aromatic heterocycles. The SMILES string of the molecule is CC(c1ccc(-n2cncn2)cc1)N(C)CC(O)COc1ccccc1. The zero-order valence-electron chi connectivity index (χ0n) is 15.1. The largest absolute Gasteiger partial charge is 0.491 e. The van der Waals surface area contributed by atoms with Crippen molar-refractivity contribution >= 4 is 0 Å². The summed E-state index contributed by atoms with van der Waals surface area (Å²) in [5.41, 5.74) is 2.14. The van der Waals surface area contributed by atoms with E-state index >= 15 is 0 Å². The minimum atomic E-state index is -0.558. The van der Waals surface area contributed by atoms with Gasteiger partial charge in [0.05, 0.1) is 5.69 Å². The highest BCUT2D eigenvalue weighted by Crippen LogP contribution is 2.20. The van der Waals surface area contributed by atoms with Crippen LogP contribution < -0.4 is 4.74 Å². The summed E-state index contributed by atoms with van der Waals surface area (Å²) < 4.78 is 7.34. The number of para-hydroxylation sites is 1. The second-order valence-corrected chi connectivity index (χ2v) is 6.33. The normalized spacial score (nSPS) is 13.5. The highest BCUT2D eigenvalue weighted by molar-refractivity contribution is 5.34. The maximum Gasteiger partial charge on any atom is 0.138 e. The number of hydrogen-bond donors (Lipinski definition) is 1. The van der Waals surface area contributed by atoms with Crippen molar-refractivity contribution in [3.05, 3.63) is 72.8 Å². The Kier molecular flexibility index (Phi) is 5.99. The summed E-state index contributed by atoms with van der Waals surface area (Å²) in [6.45, 7) is 2.92. The van der Waals surface area contributed by atoms with E-state index in [4.69, 9.17) is 4.74 Å². The molecule has 26 heavy (non-hydrogen) atoms. The second kappa shape index (κ2) is 8.60. The molecular formula is C20H24N4O2. The number of aliphatic hydroxyl groups excluding tert-OH is 1. The third-order valence-corrected chi connectivity index (χ3v) is 4.40. The molecule has 0 radical (unpaired) electrons. The summed E-state index contributed by atoms with van der Waals surface area (Å²) in [6.07, 6.45) is 2.63. The van der Waals surface area contributed by atoms with Gasteiger partial charge in [-0.1, -0.05) is 30.3 Å². The van der Waals surface area contributed by atoms with Crippen LogP contribution in [0.5, 0.6) is 5.75 Å². The van der Waals surface area contributed by atoms with Gasteiger partial charge in [0.2, 0.25) is 0 Å². The first-order valence-corrected chi connectivity index (χ1v) is 8.64. The molecule has 0 aliphatic carbocycles. The molecule has 1 heterocycles. The fourth-order valence-electron chi connectivity index (χ4n) is 2.75. The van der Waals surface area contributed by atoms with Crippen LogP contribution in [-0.4, -0.2) is 51.1 Å². The van der Waals surface area contributed by atoms with Crippen LogP contribution in [0.15, 0.2) is 67.3 Å². The van der Waals surface area contributed by atoms with E-state index in [0.29, 0.717) is 6.54 Å². The van der Waals surface area contributed by atoms with Crippen molar-refractivity contribution in [1.82, 2.24) is 19.7 Å². The molecule has 136 valence electrons. The molecule has 0 saturated heterocycles. The lowest BCUT2D eigenvalue weighted by atomic mass is 10.1. The van der Waals surface area contributed by atoms with Gasteiger partial charge in [-0.15, -0.1) is 0 Å². The summed E-state index contributed by atoms with van der Waals surface area (Å²) in [5, 5.41) is 14.4. The summed E-state index contributed by atoms with van der Waals surface area (Å²) >= 11 is 0. The third-order valence-electron chi connectivity index (χ3n) is 4.40. The molecule has 3 aromatic rings. The fourth-order valence-corrected chi connectivity index (χ4v) is 2.75. The Hall–Kier alpha value is -2.70. The van der Waals surface area contributed by atoms with Crippen LogP contribution in [0.3, 0.4) is 0 Å². The van der Waals surface area contributed by atoms with Crippen molar-refractivity contribution in [2.75, 3.05) is 20.2 Å². The van der Waals surface area contributed by atoms with E-state index in [1.807, 2.05) is 49.5 Å². The van der Waals surface area contributed by atoms with Crippen LogP contribution in [-0.2, 0) is 0 Å². The molecule has 2 atom stereocenters. The first kappa shape index (κ1) is 18.1. The molecule has 0 saturated carbocycles. The number of likely N-dealkylation sites (N-methyl/N-ethyl adjacent to an activating group) is 1. The van der Waals surface area contributed by atoms with E-state index in [0.717, 1.165) is 11.4 Å². The molecule has 3 rings (SSSR count). The number of aromatic nitrogens is 3. The quantitative estimate of drug-likeness (QED) is 0.675. The Labute approximate surface area is 153 Å². The molecule has 2 aromatic carbocycles. The lowest BCUT2D eigenvalue weighted by molar-refractivity contribution is 0.0654. The minimum absolute atomic E-state index is 0.172. The number of hydrogen-bond acceptors (Lipinski definition) is 5. The molecule has 2 unspecified atom stereocenters. The molecular weight excluding hydrogens is 328 g/mol. The molecule has 0 bridgehead atoms. The van der Waals surface area contributed by atoms with Crippen molar-refractivity contribution in [1.29, 1.82) is 0 Å². The van der Waals surface area contributed by atoms with Gasteiger partial charge >= 0.3 is 0 Å². The van der Waals surface area contributed by atoms with Gasteiger partial charge in [0.1, 0.15) is 31.1 Å². The van der Waals surface area contributed by atoms with Gasteiger partial charge in [-0.2, -0.15) is 5.10 Å². The topological polar surface area (TPSA) is 63.4 Å². The van der Waals surface area contributed by atoms with Gasteiger partial charge in [-0.3, -0.25) is 4.90 Å². The van der Waals surface area contributed by atoms with E-state index in [2.05, 4.69) is 34.0 Å². The maximum absolute atomic E-state index is 10.3. The number of ether oxygens (including phenoxy) is 1. The van der Waals surface area contributed by atoms with Crippen LogP contribution in [0.1, 0.15) is 18.5 Å². The van der Waals surface area contributed by atoms with Gasteiger partial charge in [0, 0.05) is 12.6 Å². The van der Waals surface area contributed by atoms with Crippen molar-refractivity contribution in [2.24, 2.45) is 0 Å². The van der Waals surface area contributed by atoms with Crippen LogP contribution in [0.2, 0.25) is 0 Å². The summed E-state index contributed by atoms with van der Waals surface area (Å²) in [7, 11) is 2.00. The minimum Gasteiger partial charge on any atom is -0.491 e. The third kappa shape index (κ3) is 4.68.